The van der Waals surface area contributed by atoms with E-state index in [9.17, 15) is 14.7 Å². The minimum atomic E-state index is -0.183. The van der Waals surface area contributed by atoms with Crippen molar-refractivity contribution in [3.05, 3.63) is 64.4 Å². The molecular weight excluding hydrogens is 394 g/mol. The Balaban J connectivity index is 1.50. The summed E-state index contributed by atoms with van der Waals surface area (Å²) >= 11 is 0. The zero-order valence-corrected chi connectivity index (χ0v) is 17.9. The summed E-state index contributed by atoms with van der Waals surface area (Å²) in [7, 11) is 0. The number of esters is 1. The lowest BCUT2D eigenvalue weighted by atomic mass is 9.96. The zero-order valence-electron chi connectivity index (χ0n) is 17.9. The molecule has 0 bridgehead atoms. The Morgan fingerprint density at radius 1 is 1.19 bits per heavy atom. The van der Waals surface area contributed by atoms with E-state index in [-0.39, 0.29) is 29.2 Å². The van der Waals surface area contributed by atoms with Gasteiger partial charge in [0, 0.05) is 6.54 Å². The van der Waals surface area contributed by atoms with Gasteiger partial charge in [-0.05, 0) is 63.6 Å². The van der Waals surface area contributed by atoms with Crippen LogP contribution in [-0.2, 0) is 16.1 Å². The zero-order chi connectivity index (χ0) is 22.0. The smallest absolute Gasteiger partial charge is 0.309 e. The van der Waals surface area contributed by atoms with Gasteiger partial charge >= 0.3 is 5.97 Å². The average molecular weight is 421 g/mol. The van der Waals surface area contributed by atoms with Crippen molar-refractivity contribution in [2.24, 2.45) is 5.92 Å². The number of Topliss-reactive ketones (excluding diaryl/α,β-unsaturated/α-hetero) is 1. The van der Waals surface area contributed by atoms with Gasteiger partial charge in [-0.3, -0.25) is 14.5 Å². The van der Waals surface area contributed by atoms with Crippen LogP contribution in [-0.4, -0.2) is 41.5 Å². The molecule has 2 aliphatic heterocycles. The fourth-order valence-electron chi connectivity index (χ4n) is 4.07. The van der Waals surface area contributed by atoms with Gasteiger partial charge in [0.2, 0.25) is 5.78 Å². The van der Waals surface area contributed by atoms with Crippen LogP contribution in [0.2, 0.25) is 0 Å². The van der Waals surface area contributed by atoms with Crippen molar-refractivity contribution in [1.82, 2.24) is 4.90 Å². The fraction of sp³-hybridized carbons (Fsp3) is 0.360. The Hall–Kier alpha value is -3.12. The van der Waals surface area contributed by atoms with Crippen LogP contribution in [0, 0.1) is 12.8 Å². The van der Waals surface area contributed by atoms with E-state index in [0.29, 0.717) is 56.0 Å². The van der Waals surface area contributed by atoms with Crippen molar-refractivity contribution in [1.29, 1.82) is 0 Å². The van der Waals surface area contributed by atoms with Crippen LogP contribution >= 0.6 is 0 Å². The molecule has 0 aromatic heterocycles. The van der Waals surface area contributed by atoms with E-state index >= 15 is 0 Å². The third kappa shape index (κ3) is 4.49. The number of ketones is 1. The van der Waals surface area contributed by atoms with Gasteiger partial charge in [-0.25, -0.2) is 0 Å². The number of rotatable bonds is 5. The number of fused-ring (bicyclic) bond motifs is 1. The quantitative estimate of drug-likeness (QED) is 0.579. The molecule has 1 fully saturated rings. The Morgan fingerprint density at radius 2 is 1.90 bits per heavy atom. The van der Waals surface area contributed by atoms with E-state index in [2.05, 4.69) is 4.90 Å². The van der Waals surface area contributed by atoms with Crippen molar-refractivity contribution in [2.75, 3.05) is 19.7 Å². The largest absolute Gasteiger partial charge is 0.507 e. The molecule has 0 atom stereocenters. The topological polar surface area (TPSA) is 76.1 Å². The molecule has 6 nitrogen and oxygen atoms in total. The summed E-state index contributed by atoms with van der Waals surface area (Å²) in [4.78, 5) is 27.0. The number of likely N-dealkylation sites (tertiary alicyclic amines) is 1. The summed E-state index contributed by atoms with van der Waals surface area (Å²) in [5.41, 5.74) is 3.09. The first-order valence-electron chi connectivity index (χ1n) is 10.7. The highest BCUT2D eigenvalue weighted by Crippen LogP contribution is 2.40. The number of nitrogens with zero attached hydrogens (tertiary/aromatic N) is 1. The van der Waals surface area contributed by atoms with Gasteiger partial charge in [0.1, 0.15) is 11.5 Å². The molecule has 0 amide bonds. The van der Waals surface area contributed by atoms with Crippen molar-refractivity contribution in [2.45, 2.75) is 33.2 Å². The predicted octanol–water partition coefficient (Wildman–Crippen LogP) is 4.09. The molecule has 6 heteroatoms. The lowest BCUT2D eigenvalue weighted by Crippen LogP contribution is -2.36. The normalized spacial score (nSPS) is 18.1. The van der Waals surface area contributed by atoms with E-state index in [1.54, 1.807) is 18.2 Å². The van der Waals surface area contributed by atoms with Crippen molar-refractivity contribution in [3.8, 4) is 11.5 Å². The summed E-state index contributed by atoms with van der Waals surface area (Å²) in [5, 5.41) is 10.5. The molecule has 162 valence electrons. The Bertz CT molecular complexity index is 1020. The third-order valence-corrected chi connectivity index (χ3v) is 5.88. The minimum absolute atomic E-state index is 0.0758. The molecule has 0 radical (unpaired) electrons. The molecule has 0 aliphatic carbocycles. The first-order valence-corrected chi connectivity index (χ1v) is 10.7. The number of aryl methyl sites for hydroxylation is 1. The van der Waals surface area contributed by atoms with Gasteiger partial charge in [-0.15, -0.1) is 0 Å². The molecule has 0 unspecified atom stereocenters. The maximum Gasteiger partial charge on any atom is 0.309 e. The van der Waals surface area contributed by atoms with E-state index in [4.69, 9.17) is 9.47 Å². The standard InChI is InChI=1S/C25H27NO5/c1-3-30-25(29)18-10-12-26(13-11-18)15-20-21(27)9-8-19-23(28)22(31-24(19)20)14-17-6-4-16(2)5-7-17/h4-9,14,18,27H,3,10-13,15H2,1-2H3/b22-14+. The number of ether oxygens (including phenoxy) is 2. The molecular formula is C25H27NO5. The van der Waals surface area contributed by atoms with Crippen LogP contribution in [0.4, 0.5) is 0 Å². The van der Waals surface area contributed by atoms with E-state index < -0.39 is 0 Å². The van der Waals surface area contributed by atoms with Crippen LogP contribution < -0.4 is 4.74 Å². The molecule has 2 aromatic rings. The van der Waals surface area contributed by atoms with Gasteiger partial charge in [0.25, 0.3) is 0 Å². The molecule has 0 spiro atoms. The Kier molecular flexibility index (Phi) is 6.09. The molecule has 2 aromatic carbocycles. The highest BCUT2D eigenvalue weighted by atomic mass is 16.5. The number of aromatic hydroxyl groups is 1. The lowest BCUT2D eigenvalue weighted by Gasteiger charge is -2.31. The maximum absolute atomic E-state index is 12.9. The molecule has 1 saturated heterocycles. The molecule has 2 heterocycles. The first-order chi connectivity index (χ1) is 15.0. The van der Waals surface area contributed by atoms with Crippen LogP contribution in [0.25, 0.3) is 6.08 Å². The molecule has 4 rings (SSSR count). The Labute approximate surface area is 182 Å². The summed E-state index contributed by atoms with van der Waals surface area (Å²) in [6, 6.07) is 11.0. The molecule has 31 heavy (non-hydrogen) atoms. The highest BCUT2D eigenvalue weighted by Gasteiger charge is 2.33. The second kappa shape index (κ2) is 8.94. The van der Waals surface area contributed by atoms with Crippen LogP contribution in [0.5, 0.6) is 11.5 Å². The first kappa shape index (κ1) is 21.1. The van der Waals surface area contributed by atoms with Gasteiger partial charge in [0.05, 0.1) is 23.7 Å². The monoisotopic (exact) mass is 421 g/mol. The second-order valence-electron chi connectivity index (χ2n) is 8.09. The average Bonchev–Trinajstić information content (AvgIpc) is 3.08. The number of phenolic OH excluding ortho intramolecular Hbond substituents is 1. The minimum Gasteiger partial charge on any atom is -0.507 e. The number of piperidine rings is 1. The number of phenols is 1. The highest BCUT2D eigenvalue weighted by molar-refractivity contribution is 6.15. The van der Waals surface area contributed by atoms with E-state index in [0.717, 1.165) is 11.1 Å². The summed E-state index contributed by atoms with van der Waals surface area (Å²) in [6.07, 6.45) is 3.16. The van der Waals surface area contributed by atoms with Gasteiger partial charge in [-0.1, -0.05) is 29.8 Å². The summed E-state index contributed by atoms with van der Waals surface area (Å²) in [6.45, 7) is 6.10. The van der Waals surface area contributed by atoms with Gasteiger partial charge < -0.3 is 14.6 Å². The van der Waals surface area contributed by atoms with E-state index in [1.807, 2.05) is 38.1 Å². The maximum atomic E-state index is 12.9. The van der Waals surface area contributed by atoms with Crippen LogP contribution in [0.3, 0.4) is 0 Å². The summed E-state index contributed by atoms with van der Waals surface area (Å²) < 4.78 is 11.1. The number of hydrogen-bond acceptors (Lipinski definition) is 6. The molecule has 0 saturated carbocycles. The van der Waals surface area contributed by atoms with Crippen molar-refractivity contribution >= 4 is 17.8 Å². The van der Waals surface area contributed by atoms with Gasteiger partial charge in [0.15, 0.2) is 5.76 Å². The molecule has 2 aliphatic rings. The van der Waals surface area contributed by atoms with Gasteiger partial charge in [-0.2, -0.15) is 0 Å². The molecule has 1 N–H and O–H groups in total. The number of carbonyl (C=O) groups is 2. The second-order valence-corrected chi connectivity index (χ2v) is 8.09. The Morgan fingerprint density at radius 3 is 2.58 bits per heavy atom. The number of benzene rings is 2. The third-order valence-electron chi connectivity index (χ3n) is 5.88. The SMILES string of the molecule is CCOC(=O)C1CCN(Cc2c(O)ccc3c2O/C(=C/c2ccc(C)cc2)C3=O)CC1. The lowest BCUT2D eigenvalue weighted by molar-refractivity contribution is -0.149. The number of hydrogen-bond donors (Lipinski definition) is 1. The fourth-order valence-corrected chi connectivity index (χ4v) is 4.07. The number of allylic oxidation sites excluding steroid dienone is 1. The summed E-state index contributed by atoms with van der Waals surface area (Å²) in [5.74, 6) is 0.398. The van der Waals surface area contributed by atoms with Crippen LogP contribution in [0.15, 0.2) is 42.2 Å². The van der Waals surface area contributed by atoms with E-state index in [1.165, 1.54) is 0 Å². The van der Waals surface area contributed by atoms with Crippen molar-refractivity contribution in [3.63, 3.8) is 0 Å². The van der Waals surface area contributed by atoms with Crippen LogP contribution in [0.1, 0.15) is 46.8 Å². The number of carbonyl (C=O) groups excluding carboxylic acids is 2. The van der Waals surface area contributed by atoms with Crippen molar-refractivity contribution < 1.29 is 24.2 Å². The predicted molar refractivity (Wildman–Crippen MR) is 117 cm³/mol.